The summed E-state index contributed by atoms with van der Waals surface area (Å²) in [5.74, 6) is -0.284. The Kier molecular flexibility index (Phi) is 6.45. The highest BCUT2D eigenvalue weighted by Crippen LogP contribution is 2.16. The molecule has 0 atom stereocenters. The number of pyridine rings is 1. The molecule has 4 amide bonds. The largest absolute Gasteiger partial charge is 0.335 e. The third-order valence-electron chi connectivity index (χ3n) is 5.80. The molecule has 0 unspecified atom stereocenters. The van der Waals surface area contributed by atoms with Crippen molar-refractivity contribution in [2.75, 3.05) is 44.6 Å². The van der Waals surface area contributed by atoms with Gasteiger partial charge in [-0.2, -0.15) is 0 Å². The van der Waals surface area contributed by atoms with Gasteiger partial charge in [0.1, 0.15) is 0 Å². The molecule has 8 heteroatoms. The van der Waals surface area contributed by atoms with E-state index >= 15 is 0 Å². The number of aromatic nitrogens is 1. The lowest BCUT2D eigenvalue weighted by Crippen LogP contribution is -2.54. The van der Waals surface area contributed by atoms with Crippen molar-refractivity contribution in [2.45, 2.75) is 19.3 Å². The van der Waals surface area contributed by atoms with Crippen LogP contribution in [0.1, 0.15) is 40.0 Å². The number of nitrogens with zero attached hydrogens (tertiary/aromatic N) is 4. The minimum Gasteiger partial charge on any atom is -0.335 e. The van der Waals surface area contributed by atoms with E-state index in [9.17, 15) is 14.4 Å². The van der Waals surface area contributed by atoms with E-state index in [4.69, 9.17) is 0 Å². The highest BCUT2D eigenvalue weighted by atomic mass is 16.2. The van der Waals surface area contributed by atoms with Crippen molar-refractivity contribution in [3.8, 4) is 0 Å². The molecule has 2 aromatic rings. The molecular weight excluding hydrogens is 394 g/mol. The van der Waals surface area contributed by atoms with Crippen LogP contribution in [0, 0.1) is 0 Å². The molecule has 1 aromatic heterocycles. The molecule has 0 bridgehead atoms. The van der Waals surface area contributed by atoms with Gasteiger partial charge in [-0.1, -0.05) is 0 Å². The lowest BCUT2D eigenvalue weighted by Gasteiger charge is -2.38. The van der Waals surface area contributed by atoms with Gasteiger partial charge in [-0.15, -0.1) is 0 Å². The smallest absolute Gasteiger partial charge is 0.320 e. The van der Waals surface area contributed by atoms with Crippen molar-refractivity contribution in [1.29, 1.82) is 0 Å². The fourth-order valence-electron chi connectivity index (χ4n) is 3.97. The van der Waals surface area contributed by atoms with Crippen LogP contribution in [-0.4, -0.2) is 76.8 Å². The van der Waals surface area contributed by atoms with E-state index in [2.05, 4.69) is 10.3 Å². The van der Waals surface area contributed by atoms with E-state index in [-0.39, 0.29) is 17.8 Å². The molecule has 0 aliphatic carbocycles. The van der Waals surface area contributed by atoms with Crippen LogP contribution >= 0.6 is 0 Å². The molecule has 1 aromatic carbocycles. The number of rotatable bonds is 3. The Balaban J connectivity index is 1.30. The van der Waals surface area contributed by atoms with Crippen LogP contribution in [-0.2, 0) is 0 Å². The first kappa shape index (κ1) is 20.8. The lowest BCUT2D eigenvalue weighted by molar-refractivity contribution is 0.0633. The lowest BCUT2D eigenvalue weighted by atomic mass is 10.1. The quantitative estimate of drug-likeness (QED) is 0.826. The third-order valence-corrected chi connectivity index (χ3v) is 5.80. The zero-order valence-electron chi connectivity index (χ0n) is 17.5. The SMILES string of the molecule is O=C(Nc1ccc(C(=O)N2CCN(C(=O)N3CCCCC3)CC2)cc1)c1ccncc1. The molecule has 2 saturated heterocycles. The maximum atomic E-state index is 12.9. The maximum absolute atomic E-state index is 12.9. The Morgan fingerprint density at radius 3 is 1.90 bits per heavy atom. The molecular formula is C23H27N5O3. The van der Waals surface area contributed by atoms with Crippen molar-refractivity contribution in [2.24, 2.45) is 0 Å². The van der Waals surface area contributed by atoms with E-state index in [0.29, 0.717) is 43.0 Å². The summed E-state index contributed by atoms with van der Waals surface area (Å²) in [5, 5.41) is 2.81. The second-order valence-electron chi connectivity index (χ2n) is 7.88. The topological polar surface area (TPSA) is 85.8 Å². The molecule has 8 nitrogen and oxygen atoms in total. The molecule has 4 rings (SSSR count). The first-order valence-electron chi connectivity index (χ1n) is 10.8. The predicted molar refractivity (Wildman–Crippen MR) is 117 cm³/mol. The summed E-state index contributed by atoms with van der Waals surface area (Å²) in [6, 6.07) is 10.3. The predicted octanol–water partition coefficient (Wildman–Crippen LogP) is 2.70. The zero-order valence-corrected chi connectivity index (χ0v) is 17.5. The number of hydrogen-bond acceptors (Lipinski definition) is 4. The van der Waals surface area contributed by atoms with Gasteiger partial charge in [0.25, 0.3) is 11.8 Å². The Bertz CT molecular complexity index is 918. The van der Waals surface area contributed by atoms with Gasteiger partial charge in [-0.3, -0.25) is 14.6 Å². The summed E-state index contributed by atoms with van der Waals surface area (Å²) in [6.07, 6.45) is 6.47. The Hall–Kier alpha value is -3.42. The minimum atomic E-state index is -0.226. The van der Waals surface area contributed by atoms with Crippen LogP contribution in [0.15, 0.2) is 48.8 Å². The van der Waals surface area contributed by atoms with E-state index in [1.807, 2.05) is 9.80 Å². The van der Waals surface area contributed by atoms with Crippen molar-refractivity contribution in [1.82, 2.24) is 19.7 Å². The standard InChI is InChI=1S/C23H27N5O3/c29-21(18-8-10-24-11-9-18)25-20-6-4-19(5-7-20)22(30)26-14-16-28(17-15-26)23(31)27-12-2-1-3-13-27/h4-11H,1-3,12-17H2,(H,25,29). The van der Waals surface area contributed by atoms with Gasteiger partial charge in [-0.25, -0.2) is 4.79 Å². The number of carbonyl (C=O) groups excluding carboxylic acids is 3. The minimum absolute atomic E-state index is 0.0583. The van der Waals surface area contributed by atoms with E-state index in [1.165, 1.54) is 6.42 Å². The number of amides is 4. The number of urea groups is 1. The number of nitrogens with one attached hydrogen (secondary N) is 1. The van der Waals surface area contributed by atoms with Gasteiger partial charge in [0, 0.05) is 68.5 Å². The molecule has 3 heterocycles. The van der Waals surface area contributed by atoms with Crippen molar-refractivity contribution >= 4 is 23.5 Å². The normalized spacial score (nSPS) is 16.7. The average Bonchev–Trinajstić information content (AvgIpc) is 2.85. The zero-order chi connectivity index (χ0) is 21.6. The molecule has 0 spiro atoms. The molecule has 2 aliphatic heterocycles. The second kappa shape index (κ2) is 9.59. The third kappa shape index (κ3) is 5.02. The summed E-state index contributed by atoms with van der Waals surface area (Å²) in [6.45, 7) is 3.84. The summed E-state index contributed by atoms with van der Waals surface area (Å²) in [5.41, 5.74) is 1.71. The summed E-state index contributed by atoms with van der Waals surface area (Å²) >= 11 is 0. The number of benzene rings is 1. The highest BCUT2D eigenvalue weighted by Gasteiger charge is 2.28. The number of likely N-dealkylation sites (tertiary alicyclic amines) is 1. The van der Waals surface area contributed by atoms with Crippen LogP contribution in [0.4, 0.5) is 10.5 Å². The van der Waals surface area contributed by atoms with Crippen LogP contribution in [0.3, 0.4) is 0 Å². The fourth-order valence-corrected chi connectivity index (χ4v) is 3.97. The molecule has 1 N–H and O–H groups in total. The molecule has 31 heavy (non-hydrogen) atoms. The van der Waals surface area contributed by atoms with Crippen molar-refractivity contribution < 1.29 is 14.4 Å². The number of hydrogen-bond donors (Lipinski definition) is 1. The van der Waals surface area contributed by atoms with E-state index < -0.39 is 0 Å². The second-order valence-corrected chi connectivity index (χ2v) is 7.88. The molecule has 0 radical (unpaired) electrons. The van der Waals surface area contributed by atoms with E-state index in [1.54, 1.807) is 53.7 Å². The van der Waals surface area contributed by atoms with Gasteiger partial charge in [0.2, 0.25) is 0 Å². The molecule has 2 aliphatic rings. The highest BCUT2D eigenvalue weighted by molar-refractivity contribution is 6.04. The Morgan fingerprint density at radius 1 is 0.677 bits per heavy atom. The van der Waals surface area contributed by atoms with Gasteiger partial charge in [-0.05, 0) is 55.7 Å². The first-order chi connectivity index (χ1) is 15.1. The Morgan fingerprint density at radius 2 is 1.26 bits per heavy atom. The average molecular weight is 422 g/mol. The Labute approximate surface area is 181 Å². The van der Waals surface area contributed by atoms with Gasteiger partial charge in [0.15, 0.2) is 0 Å². The monoisotopic (exact) mass is 421 g/mol. The van der Waals surface area contributed by atoms with Gasteiger partial charge in [0.05, 0.1) is 0 Å². The van der Waals surface area contributed by atoms with Gasteiger partial charge < -0.3 is 20.0 Å². The fraction of sp³-hybridized carbons (Fsp3) is 0.391. The first-order valence-corrected chi connectivity index (χ1v) is 10.8. The van der Waals surface area contributed by atoms with Crippen LogP contribution in [0.2, 0.25) is 0 Å². The summed E-state index contributed by atoms with van der Waals surface area (Å²) in [4.78, 5) is 47.2. The van der Waals surface area contributed by atoms with Crippen LogP contribution < -0.4 is 5.32 Å². The number of piperazine rings is 1. The van der Waals surface area contributed by atoms with E-state index in [0.717, 1.165) is 25.9 Å². The van der Waals surface area contributed by atoms with Gasteiger partial charge >= 0.3 is 6.03 Å². The van der Waals surface area contributed by atoms with Crippen molar-refractivity contribution in [3.63, 3.8) is 0 Å². The van der Waals surface area contributed by atoms with Crippen molar-refractivity contribution in [3.05, 3.63) is 59.9 Å². The summed E-state index contributed by atoms with van der Waals surface area (Å²) < 4.78 is 0. The van der Waals surface area contributed by atoms with Crippen LogP contribution in [0.5, 0.6) is 0 Å². The molecule has 162 valence electrons. The number of piperidine rings is 1. The van der Waals surface area contributed by atoms with Crippen LogP contribution in [0.25, 0.3) is 0 Å². The molecule has 0 saturated carbocycles. The maximum Gasteiger partial charge on any atom is 0.320 e. The number of carbonyl (C=O) groups is 3. The summed E-state index contributed by atoms with van der Waals surface area (Å²) in [7, 11) is 0. The number of anilines is 1. The molecule has 2 fully saturated rings.